The SMILES string of the molecule is CN1CC(C(=O)O)c2cccc(Cl)c21. The van der Waals surface area contributed by atoms with Crippen molar-refractivity contribution >= 4 is 23.3 Å². The van der Waals surface area contributed by atoms with Gasteiger partial charge in [-0.05, 0) is 11.6 Å². The Bertz CT molecular complexity index is 392. The molecule has 0 bridgehead atoms. The van der Waals surface area contributed by atoms with E-state index in [2.05, 4.69) is 0 Å². The summed E-state index contributed by atoms with van der Waals surface area (Å²) in [6, 6.07) is 5.39. The molecule has 1 aromatic carbocycles. The van der Waals surface area contributed by atoms with Gasteiger partial charge in [0, 0.05) is 13.6 Å². The van der Waals surface area contributed by atoms with Gasteiger partial charge in [0.25, 0.3) is 0 Å². The summed E-state index contributed by atoms with van der Waals surface area (Å²) in [4.78, 5) is 12.8. The molecule has 0 saturated carbocycles. The predicted octanol–water partition coefficient (Wildman–Crippen LogP) is 1.96. The third-order valence-electron chi connectivity index (χ3n) is 2.53. The molecule has 0 spiro atoms. The van der Waals surface area contributed by atoms with Crippen molar-refractivity contribution in [2.45, 2.75) is 5.92 Å². The molecule has 3 nitrogen and oxygen atoms in total. The molecule has 2 rings (SSSR count). The highest BCUT2D eigenvalue weighted by Crippen LogP contribution is 2.40. The van der Waals surface area contributed by atoms with E-state index in [1.54, 1.807) is 12.1 Å². The molecule has 1 aliphatic heterocycles. The lowest BCUT2D eigenvalue weighted by atomic mass is 10.0. The number of halogens is 1. The van der Waals surface area contributed by atoms with Gasteiger partial charge in [0.1, 0.15) is 5.92 Å². The highest BCUT2D eigenvalue weighted by molar-refractivity contribution is 6.33. The van der Waals surface area contributed by atoms with Gasteiger partial charge < -0.3 is 10.0 Å². The average Bonchev–Trinajstić information content (AvgIpc) is 2.45. The molecule has 0 amide bonds. The van der Waals surface area contributed by atoms with Crippen LogP contribution in [0.4, 0.5) is 5.69 Å². The summed E-state index contributed by atoms with van der Waals surface area (Å²) in [6.45, 7) is 0.494. The maximum atomic E-state index is 11.0. The van der Waals surface area contributed by atoms with Crippen molar-refractivity contribution in [3.63, 3.8) is 0 Å². The van der Waals surface area contributed by atoms with Crippen LogP contribution in [-0.2, 0) is 4.79 Å². The molecule has 0 fully saturated rings. The molecular formula is C10H10ClNO2. The highest BCUT2D eigenvalue weighted by Gasteiger charge is 2.32. The van der Waals surface area contributed by atoms with Gasteiger partial charge in [0.05, 0.1) is 10.7 Å². The first-order valence-electron chi connectivity index (χ1n) is 4.33. The number of likely N-dealkylation sites (N-methyl/N-ethyl adjacent to an activating group) is 1. The highest BCUT2D eigenvalue weighted by atomic mass is 35.5. The van der Waals surface area contributed by atoms with E-state index < -0.39 is 11.9 Å². The van der Waals surface area contributed by atoms with Crippen LogP contribution in [0.5, 0.6) is 0 Å². The second kappa shape index (κ2) is 3.17. The molecule has 0 radical (unpaired) electrons. The molecule has 0 aliphatic carbocycles. The van der Waals surface area contributed by atoms with E-state index in [-0.39, 0.29) is 0 Å². The summed E-state index contributed by atoms with van der Waals surface area (Å²) < 4.78 is 0. The molecule has 1 atom stereocenters. The minimum atomic E-state index is -0.794. The number of benzene rings is 1. The van der Waals surface area contributed by atoms with Crippen LogP contribution in [0.15, 0.2) is 18.2 Å². The van der Waals surface area contributed by atoms with Crippen LogP contribution in [0.2, 0.25) is 5.02 Å². The number of para-hydroxylation sites is 1. The summed E-state index contributed by atoms with van der Waals surface area (Å²) in [5.41, 5.74) is 1.66. The fourth-order valence-electron chi connectivity index (χ4n) is 1.89. The van der Waals surface area contributed by atoms with Gasteiger partial charge >= 0.3 is 5.97 Å². The number of hydrogen-bond acceptors (Lipinski definition) is 2. The van der Waals surface area contributed by atoms with E-state index in [0.717, 1.165) is 11.3 Å². The molecule has 14 heavy (non-hydrogen) atoms. The van der Waals surface area contributed by atoms with Crippen molar-refractivity contribution in [2.75, 3.05) is 18.5 Å². The predicted molar refractivity (Wildman–Crippen MR) is 55.1 cm³/mol. The lowest BCUT2D eigenvalue weighted by molar-refractivity contribution is -0.138. The molecule has 1 N–H and O–H groups in total. The number of rotatable bonds is 1. The van der Waals surface area contributed by atoms with Crippen molar-refractivity contribution in [3.8, 4) is 0 Å². The van der Waals surface area contributed by atoms with Crippen molar-refractivity contribution in [1.82, 2.24) is 0 Å². The van der Waals surface area contributed by atoms with Crippen LogP contribution in [-0.4, -0.2) is 24.7 Å². The Morgan fingerprint density at radius 2 is 2.36 bits per heavy atom. The van der Waals surface area contributed by atoms with E-state index in [1.165, 1.54) is 0 Å². The maximum Gasteiger partial charge on any atom is 0.312 e. The van der Waals surface area contributed by atoms with Crippen LogP contribution in [0.1, 0.15) is 11.5 Å². The number of carboxylic acid groups (broad SMARTS) is 1. The Hall–Kier alpha value is -1.22. The minimum absolute atomic E-state index is 0.450. The quantitative estimate of drug-likeness (QED) is 0.772. The second-order valence-electron chi connectivity index (χ2n) is 3.45. The Balaban J connectivity index is 2.55. The molecular weight excluding hydrogens is 202 g/mol. The van der Waals surface area contributed by atoms with Crippen molar-refractivity contribution in [3.05, 3.63) is 28.8 Å². The minimum Gasteiger partial charge on any atom is -0.481 e. The lowest BCUT2D eigenvalue weighted by Gasteiger charge is -2.12. The zero-order valence-electron chi connectivity index (χ0n) is 7.70. The standard InChI is InChI=1S/C10H10ClNO2/c1-12-5-7(10(13)14)6-3-2-4-8(11)9(6)12/h2-4,7H,5H2,1H3,(H,13,14). The molecule has 1 aliphatic rings. The molecule has 74 valence electrons. The Kier molecular flexibility index (Phi) is 2.11. The fraction of sp³-hybridized carbons (Fsp3) is 0.300. The normalized spacial score (nSPS) is 19.6. The first-order valence-corrected chi connectivity index (χ1v) is 4.71. The lowest BCUT2D eigenvalue weighted by Crippen LogP contribution is -2.20. The van der Waals surface area contributed by atoms with Gasteiger partial charge in [-0.2, -0.15) is 0 Å². The van der Waals surface area contributed by atoms with Gasteiger partial charge in [0.15, 0.2) is 0 Å². The molecule has 1 aromatic rings. The summed E-state index contributed by atoms with van der Waals surface area (Å²) >= 11 is 6.00. The zero-order chi connectivity index (χ0) is 10.3. The third kappa shape index (κ3) is 1.24. The number of carbonyl (C=O) groups is 1. The van der Waals surface area contributed by atoms with Gasteiger partial charge in [-0.15, -0.1) is 0 Å². The molecule has 4 heteroatoms. The fourth-order valence-corrected chi connectivity index (χ4v) is 2.22. The van der Waals surface area contributed by atoms with E-state index in [1.807, 2.05) is 18.0 Å². The first-order chi connectivity index (χ1) is 6.61. The number of aliphatic carboxylic acids is 1. The first kappa shape index (κ1) is 9.34. The van der Waals surface area contributed by atoms with Gasteiger partial charge in [0.2, 0.25) is 0 Å². The number of nitrogens with zero attached hydrogens (tertiary/aromatic N) is 1. The van der Waals surface area contributed by atoms with Gasteiger partial charge in [-0.1, -0.05) is 23.7 Å². The molecule has 1 heterocycles. The van der Waals surface area contributed by atoms with Crippen LogP contribution in [0.3, 0.4) is 0 Å². The smallest absolute Gasteiger partial charge is 0.312 e. The van der Waals surface area contributed by atoms with Crippen molar-refractivity contribution < 1.29 is 9.90 Å². The van der Waals surface area contributed by atoms with E-state index >= 15 is 0 Å². The summed E-state index contributed by atoms with van der Waals surface area (Å²) in [5.74, 6) is -1.24. The Morgan fingerprint density at radius 1 is 1.64 bits per heavy atom. The number of fused-ring (bicyclic) bond motifs is 1. The molecule has 0 saturated heterocycles. The van der Waals surface area contributed by atoms with E-state index in [4.69, 9.17) is 16.7 Å². The van der Waals surface area contributed by atoms with Crippen LogP contribution >= 0.6 is 11.6 Å². The Morgan fingerprint density at radius 3 is 3.00 bits per heavy atom. The number of hydrogen-bond donors (Lipinski definition) is 1. The third-order valence-corrected chi connectivity index (χ3v) is 2.83. The molecule has 0 aromatic heterocycles. The topological polar surface area (TPSA) is 40.5 Å². The van der Waals surface area contributed by atoms with Gasteiger partial charge in [-0.25, -0.2) is 0 Å². The Labute approximate surface area is 86.9 Å². The van der Waals surface area contributed by atoms with Crippen LogP contribution < -0.4 is 4.90 Å². The largest absolute Gasteiger partial charge is 0.481 e. The van der Waals surface area contributed by atoms with E-state index in [0.29, 0.717) is 11.6 Å². The van der Waals surface area contributed by atoms with Gasteiger partial charge in [-0.3, -0.25) is 4.79 Å². The maximum absolute atomic E-state index is 11.0. The average molecular weight is 212 g/mol. The summed E-state index contributed by atoms with van der Waals surface area (Å²) in [6.07, 6.45) is 0. The van der Waals surface area contributed by atoms with Crippen molar-refractivity contribution in [2.24, 2.45) is 0 Å². The zero-order valence-corrected chi connectivity index (χ0v) is 8.45. The summed E-state index contributed by atoms with van der Waals surface area (Å²) in [7, 11) is 1.85. The van der Waals surface area contributed by atoms with Crippen LogP contribution in [0, 0.1) is 0 Å². The van der Waals surface area contributed by atoms with Crippen molar-refractivity contribution in [1.29, 1.82) is 0 Å². The van der Waals surface area contributed by atoms with Crippen LogP contribution in [0.25, 0.3) is 0 Å². The number of anilines is 1. The summed E-state index contributed by atoms with van der Waals surface area (Å²) in [5, 5.41) is 9.62. The monoisotopic (exact) mass is 211 g/mol. The molecule has 1 unspecified atom stereocenters. The number of carboxylic acids is 1. The second-order valence-corrected chi connectivity index (χ2v) is 3.86. The van der Waals surface area contributed by atoms with E-state index in [9.17, 15) is 4.79 Å².